The van der Waals surface area contributed by atoms with E-state index in [0.717, 1.165) is 0 Å². The van der Waals surface area contributed by atoms with Crippen LogP contribution in [0.3, 0.4) is 0 Å². The molecule has 0 saturated heterocycles. The fourth-order valence-corrected chi connectivity index (χ4v) is 3.54. The highest BCUT2D eigenvalue weighted by Crippen LogP contribution is 2.47. The van der Waals surface area contributed by atoms with E-state index in [9.17, 15) is 34.8 Å². The molecule has 0 heterocycles. The molecule has 0 atom stereocenters. The minimum atomic E-state index is -5.47. The molecule has 0 aliphatic rings. The smallest absolute Gasteiger partial charge is 0.404 e. The Balaban J connectivity index is 2.97. The normalized spacial score (nSPS) is 12.9. The Morgan fingerprint density at radius 1 is 1.00 bits per heavy atom. The molecule has 26 heavy (non-hydrogen) atoms. The summed E-state index contributed by atoms with van der Waals surface area (Å²) in [6, 6.07) is 6.39. The SMILES string of the molecule is NS(=O)(=O)c1c(OC(F)(F)F)cc(C(F)(F)F)c(-c2ccccc2)c1Cl. The molecular formula is C14H8ClF6NO3S. The molecule has 142 valence electrons. The van der Waals surface area contributed by atoms with E-state index in [1.807, 2.05) is 0 Å². The number of ether oxygens (including phenoxy) is 1. The van der Waals surface area contributed by atoms with Crippen molar-refractivity contribution in [3.05, 3.63) is 47.0 Å². The highest BCUT2D eigenvalue weighted by molar-refractivity contribution is 7.89. The molecule has 0 bridgehead atoms. The average Bonchev–Trinajstić information content (AvgIpc) is 2.43. The van der Waals surface area contributed by atoms with Crippen molar-refractivity contribution in [2.24, 2.45) is 5.14 Å². The molecule has 0 aromatic heterocycles. The molecular weight excluding hydrogens is 412 g/mol. The van der Waals surface area contributed by atoms with Crippen LogP contribution in [0.25, 0.3) is 11.1 Å². The van der Waals surface area contributed by atoms with E-state index in [1.165, 1.54) is 30.3 Å². The number of alkyl halides is 6. The van der Waals surface area contributed by atoms with Crippen LogP contribution >= 0.6 is 11.6 Å². The van der Waals surface area contributed by atoms with Gasteiger partial charge < -0.3 is 4.74 Å². The number of benzene rings is 2. The van der Waals surface area contributed by atoms with Crippen LogP contribution in [0.15, 0.2) is 41.3 Å². The lowest BCUT2D eigenvalue weighted by atomic mass is 9.98. The molecule has 2 aromatic rings. The largest absolute Gasteiger partial charge is 0.573 e. The summed E-state index contributed by atoms with van der Waals surface area (Å²) in [5.74, 6) is -1.67. The zero-order chi connectivity index (χ0) is 19.9. The first-order valence-corrected chi connectivity index (χ1v) is 8.42. The number of nitrogens with two attached hydrogens (primary N) is 1. The van der Waals surface area contributed by atoms with Crippen molar-refractivity contribution in [1.29, 1.82) is 0 Å². The van der Waals surface area contributed by atoms with E-state index in [0.29, 0.717) is 0 Å². The monoisotopic (exact) mass is 419 g/mol. The van der Waals surface area contributed by atoms with Crippen molar-refractivity contribution in [1.82, 2.24) is 0 Å². The molecule has 0 saturated carbocycles. The maximum Gasteiger partial charge on any atom is 0.573 e. The predicted molar refractivity (Wildman–Crippen MR) is 79.9 cm³/mol. The van der Waals surface area contributed by atoms with Gasteiger partial charge in [0.15, 0.2) is 5.75 Å². The predicted octanol–water partition coefficient (Wildman–Crippen LogP) is 4.57. The summed E-state index contributed by atoms with van der Waals surface area (Å²) < 4.78 is 104. The molecule has 2 N–H and O–H groups in total. The molecule has 2 rings (SSSR count). The van der Waals surface area contributed by atoms with Gasteiger partial charge in [-0.3, -0.25) is 0 Å². The molecule has 0 fully saturated rings. The second-order valence-corrected chi connectivity index (χ2v) is 6.77. The van der Waals surface area contributed by atoms with Gasteiger partial charge in [0.05, 0.1) is 10.6 Å². The van der Waals surface area contributed by atoms with E-state index in [2.05, 4.69) is 4.74 Å². The second-order valence-electron chi connectivity index (χ2n) is 4.90. The van der Waals surface area contributed by atoms with Crippen molar-refractivity contribution >= 4 is 21.6 Å². The molecule has 0 unspecified atom stereocenters. The molecule has 0 aliphatic heterocycles. The summed E-state index contributed by atoms with van der Waals surface area (Å²) in [6.07, 6.45) is -10.6. The van der Waals surface area contributed by atoms with Crippen molar-refractivity contribution in [3.63, 3.8) is 0 Å². The maximum atomic E-state index is 13.4. The van der Waals surface area contributed by atoms with Crippen LogP contribution in [-0.4, -0.2) is 14.8 Å². The molecule has 0 aliphatic carbocycles. The van der Waals surface area contributed by atoms with Gasteiger partial charge in [-0.2, -0.15) is 13.2 Å². The molecule has 12 heteroatoms. The van der Waals surface area contributed by atoms with Crippen LogP contribution in [0, 0.1) is 0 Å². The van der Waals surface area contributed by atoms with Gasteiger partial charge in [-0.05, 0) is 11.6 Å². The number of primary sulfonamides is 1. The number of rotatable bonds is 3. The Morgan fingerprint density at radius 3 is 1.96 bits per heavy atom. The number of halogens is 7. The van der Waals surface area contributed by atoms with E-state index >= 15 is 0 Å². The highest BCUT2D eigenvalue weighted by atomic mass is 35.5. The quantitative estimate of drug-likeness (QED) is 0.741. The third-order valence-electron chi connectivity index (χ3n) is 3.07. The van der Waals surface area contributed by atoms with Crippen molar-refractivity contribution in [2.45, 2.75) is 17.4 Å². The molecule has 0 radical (unpaired) electrons. The molecule has 2 aromatic carbocycles. The van der Waals surface area contributed by atoms with Gasteiger partial charge in [0.1, 0.15) is 4.90 Å². The van der Waals surface area contributed by atoms with Crippen LogP contribution in [-0.2, 0) is 16.2 Å². The Labute approximate surface area is 148 Å². The standard InChI is InChI=1S/C14H8ClF6NO3S/c15-11-10(7-4-2-1-3-5-7)8(13(16,17)18)6-9(25-14(19,20)21)12(11)26(22,23)24/h1-6H,(H2,22,23,24). The molecule has 0 amide bonds. The van der Waals surface area contributed by atoms with Crippen LogP contribution in [0.1, 0.15) is 5.56 Å². The maximum absolute atomic E-state index is 13.4. The summed E-state index contributed by atoms with van der Waals surface area (Å²) in [7, 11) is -4.95. The first-order chi connectivity index (χ1) is 11.7. The van der Waals surface area contributed by atoms with E-state index in [4.69, 9.17) is 16.7 Å². The highest BCUT2D eigenvalue weighted by Gasteiger charge is 2.41. The van der Waals surface area contributed by atoms with Gasteiger partial charge in [0, 0.05) is 5.56 Å². The van der Waals surface area contributed by atoms with E-state index in [-0.39, 0.29) is 11.6 Å². The van der Waals surface area contributed by atoms with Gasteiger partial charge >= 0.3 is 12.5 Å². The van der Waals surface area contributed by atoms with E-state index < -0.39 is 49.4 Å². The number of hydrogen-bond donors (Lipinski definition) is 1. The van der Waals surface area contributed by atoms with Gasteiger partial charge in [-0.25, -0.2) is 13.6 Å². The van der Waals surface area contributed by atoms with Gasteiger partial charge in [-0.1, -0.05) is 41.9 Å². The van der Waals surface area contributed by atoms with Gasteiger partial charge in [0.2, 0.25) is 10.0 Å². The topological polar surface area (TPSA) is 69.4 Å². The van der Waals surface area contributed by atoms with Crippen LogP contribution in [0.2, 0.25) is 5.02 Å². The summed E-state index contributed by atoms with van der Waals surface area (Å²) in [6.45, 7) is 0. The summed E-state index contributed by atoms with van der Waals surface area (Å²) in [4.78, 5) is -1.40. The van der Waals surface area contributed by atoms with Crippen molar-refractivity contribution in [3.8, 4) is 16.9 Å². The minimum Gasteiger partial charge on any atom is -0.404 e. The third kappa shape index (κ3) is 4.40. The lowest BCUT2D eigenvalue weighted by Crippen LogP contribution is -2.23. The lowest BCUT2D eigenvalue weighted by Gasteiger charge is -2.20. The number of sulfonamides is 1. The number of hydrogen-bond acceptors (Lipinski definition) is 3. The Hall–Kier alpha value is -1.98. The Bertz CT molecular complexity index is 926. The van der Waals surface area contributed by atoms with Gasteiger partial charge in [-0.15, -0.1) is 13.2 Å². The summed E-state index contributed by atoms with van der Waals surface area (Å²) >= 11 is 5.77. The first-order valence-electron chi connectivity index (χ1n) is 6.49. The third-order valence-corrected chi connectivity index (χ3v) is 4.53. The zero-order valence-corrected chi connectivity index (χ0v) is 13.9. The summed E-state index contributed by atoms with van der Waals surface area (Å²) in [5, 5.41) is 3.71. The van der Waals surface area contributed by atoms with Crippen LogP contribution < -0.4 is 9.88 Å². The summed E-state index contributed by atoms with van der Waals surface area (Å²) in [5.41, 5.74) is -2.62. The van der Waals surface area contributed by atoms with Crippen molar-refractivity contribution < 1.29 is 39.5 Å². The van der Waals surface area contributed by atoms with Crippen molar-refractivity contribution in [2.75, 3.05) is 0 Å². The fourth-order valence-electron chi connectivity index (χ4n) is 2.18. The average molecular weight is 420 g/mol. The van der Waals surface area contributed by atoms with E-state index in [1.54, 1.807) is 0 Å². The fraction of sp³-hybridized carbons (Fsp3) is 0.143. The van der Waals surface area contributed by atoms with Crippen LogP contribution in [0.5, 0.6) is 5.75 Å². The second kappa shape index (κ2) is 6.63. The first kappa shape index (κ1) is 20.3. The molecule has 0 spiro atoms. The Morgan fingerprint density at radius 2 is 1.54 bits per heavy atom. The zero-order valence-electron chi connectivity index (χ0n) is 12.3. The Kier molecular flexibility index (Phi) is 5.19. The lowest BCUT2D eigenvalue weighted by molar-refractivity contribution is -0.275. The van der Waals surface area contributed by atoms with Crippen LogP contribution in [0.4, 0.5) is 26.3 Å². The molecule has 4 nitrogen and oxygen atoms in total. The minimum absolute atomic E-state index is 0.0958. The van der Waals surface area contributed by atoms with Gasteiger partial charge in [0.25, 0.3) is 0 Å².